The number of rotatable bonds is 6. The highest BCUT2D eigenvalue weighted by atomic mass is 32.1. The highest BCUT2D eigenvalue weighted by Crippen LogP contribution is 2.43. The summed E-state index contributed by atoms with van der Waals surface area (Å²) < 4.78 is 0. The summed E-state index contributed by atoms with van der Waals surface area (Å²) >= 11 is 1.52. The lowest BCUT2D eigenvalue weighted by atomic mass is 9.67. The smallest absolute Gasteiger partial charge is 0.336 e. The van der Waals surface area contributed by atoms with Crippen LogP contribution in [0.2, 0.25) is 0 Å². The molecule has 0 atom stereocenters. The van der Waals surface area contributed by atoms with E-state index in [4.69, 9.17) is 5.11 Å². The largest absolute Gasteiger partial charge is 0.478 e. The van der Waals surface area contributed by atoms with Crippen molar-refractivity contribution in [3.8, 4) is 0 Å². The molecule has 1 aliphatic carbocycles. The van der Waals surface area contributed by atoms with Crippen LogP contribution in [0.25, 0.3) is 0 Å². The maximum Gasteiger partial charge on any atom is 0.336 e. The van der Waals surface area contributed by atoms with Crippen LogP contribution in [0.1, 0.15) is 47.8 Å². The van der Waals surface area contributed by atoms with Crippen LogP contribution in [0.5, 0.6) is 0 Å². The first kappa shape index (κ1) is 12.6. The van der Waals surface area contributed by atoms with E-state index in [2.05, 4.69) is 12.2 Å². The first-order valence-electron chi connectivity index (χ1n) is 6.17. The molecule has 0 saturated heterocycles. The lowest BCUT2D eigenvalue weighted by molar-refractivity contribution is 0.0697. The van der Waals surface area contributed by atoms with E-state index in [-0.39, 0.29) is 0 Å². The van der Waals surface area contributed by atoms with Crippen LogP contribution in [0.3, 0.4) is 0 Å². The predicted octanol–water partition coefficient (Wildman–Crippen LogP) is 3.12. The van der Waals surface area contributed by atoms with Crippen LogP contribution in [0.15, 0.2) is 11.4 Å². The summed E-state index contributed by atoms with van der Waals surface area (Å²) in [6, 6.07) is 1.76. The Kier molecular flexibility index (Phi) is 3.84. The summed E-state index contributed by atoms with van der Waals surface area (Å²) in [7, 11) is 0. The average molecular weight is 253 g/mol. The molecule has 3 nitrogen and oxygen atoms in total. The Hall–Kier alpha value is -0.870. The van der Waals surface area contributed by atoms with E-state index < -0.39 is 5.97 Å². The SMILES string of the molecule is CCC1(CNCc2cc(C(=O)O)cs2)CCC1. The van der Waals surface area contributed by atoms with Gasteiger partial charge in [-0.3, -0.25) is 0 Å². The van der Waals surface area contributed by atoms with Gasteiger partial charge in [0, 0.05) is 23.3 Å². The van der Waals surface area contributed by atoms with Crippen molar-refractivity contribution >= 4 is 17.3 Å². The molecule has 0 aliphatic heterocycles. The molecular formula is C13H19NO2S. The molecule has 0 aromatic carbocycles. The molecule has 1 saturated carbocycles. The van der Waals surface area contributed by atoms with Crippen LogP contribution in [-0.2, 0) is 6.54 Å². The molecule has 0 amide bonds. The number of carboxylic acids is 1. The third kappa shape index (κ3) is 2.87. The second-order valence-corrected chi connectivity index (χ2v) is 5.91. The Balaban J connectivity index is 1.79. The zero-order valence-electron chi connectivity index (χ0n) is 10.2. The second kappa shape index (κ2) is 5.19. The van der Waals surface area contributed by atoms with Gasteiger partial charge in [-0.15, -0.1) is 11.3 Å². The molecule has 94 valence electrons. The van der Waals surface area contributed by atoms with Gasteiger partial charge < -0.3 is 10.4 Å². The minimum absolute atomic E-state index is 0.403. The fourth-order valence-electron chi connectivity index (χ4n) is 2.37. The summed E-state index contributed by atoms with van der Waals surface area (Å²) in [6.45, 7) is 4.11. The van der Waals surface area contributed by atoms with Gasteiger partial charge in [0.2, 0.25) is 0 Å². The van der Waals surface area contributed by atoms with E-state index in [1.54, 1.807) is 11.4 Å². The molecule has 1 aromatic rings. The van der Waals surface area contributed by atoms with Gasteiger partial charge in [-0.1, -0.05) is 13.3 Å². The van der Waals surface area contributed by atoms with Gasteiger partial charge in [0.05, 0.1) is 5.56 Å². The number of hydrogen-bond acceptors (Lipinski definition) is 3. The van der Waals surface area contributed by atoms with Crippen molar-refractivity contribution in [1.29, 1.82) is 0 Å². The molecule has 0 radical (unpaired) electrons. The van der Waals surface area contributed by atoms with Crippen molar-refractivity contribution in [3.63, 3.8) is 0 Å². The van der Waals surface area contributed by atoms with Crippen molar-refractivity contribution in [1.82, 2.24) is 5.32 Å². The fraction of sp³-hybridized carbons (Fsp3) is 0.615. The quantitative estimate of drug-likeness (QED) is 0.819. The number of carbonyl (C=O) groups is 1. The summed E-state index contributed by atoms with van der Waals surface area (Å²) in [5.41, 5.74) is 0.924. The van der Waals surface area contributed by atoms with Crippen LogP contribution < -0.4 is 5.32 Å². The summed E-state index contributed by atoms with van der Waals surface area (Å²) in [5, 5.41) is 14.0. The predicted molar refractivity (Wildman–Crippen MR) is 69.6 cm³/mol. The first-order chi connectivity index (χ1) is 8.15. The van der Waals surface area contributed by atoms with E-state index in [9.17, 15) is 4.79 Å². The molecule has 0 unspecified atom stereocenters. The molecule has 2 rings (SSSR count). The third-order valence-corrected chi connectivity index (χ3v) is 4.80. The zero-order chi connectivity index (χ0) is 12.3. The van der Waals surface area contributed by atoms with Crippen molar-refractivity contribution in [2.45, 2.75) is 39.2 Å². The number of thiophene rings is 1. The number of nitrogens with one attached hydrogen (secondary N) is 1. The lowest BCUT2D eigenvalue weighted by Gasteiger charge is -2.41. The third-order valence-electron chi connectivity index (χ3n) is 3.86. The van der Waals surface area contributed by atoms with Crippen molar-refractivity contribution in [3.05, 3.63) is 21.9 Å². The van der Waals surface area contributed by atoms with Gasteiger partial charge in [-0.2, -0.15) is 0 Å². The average Bonchev–Trinajstić information content (AvgIpc) is 2.71. The van der Waals surface area contributed by atoms with Gasteiger partial charge in [0.25, 0.3) is 0 Å². The van der Waals surface area contributed by atoms with E-state index in [1.807, 2.05) is 0 Å². The molecule has 0 spiro atoms. The first-order valence-corrected chi connectivity index (χ1v) is 7.05. The topological polar surface area (TPSA) is 49.3 Å². The van der Waals surface area contributed by atoms with E-state index in [0.717, 1.165) is 18.0 Å². The van der Waals surface area contributed by atoms with E-state index in [1.165, 1.54) is 37.0 Å². The molecule has 2 N–H and O–H groups in total. The molecule has 1 heterocycles. The van der Waals surface area contributed by atoms with Gasteiger partial charge in [-0.25, -0.2) is 4.79 Å². The Morgan fingerprint density at radius 3 is 2.82 bits per heavy atom. The normalized spacial score (nSPS) is 17.7. The molecule has 1 aliphatic rings. The molecule has 0 bridgehead atoms. The Bertz CT molecular complexity index is 390. The molecule has 1 fully saturated rings. The lowest BCUT2D eigenvalue weighted by Crippen LogP contribution is -2.39. The molecular weight excluding hydrogens is 234 g/mol. The molecule has 1 aromatic heterocycles. The zero-order valence-corrected chi connectivity index (χ0v) is 11.0. The monoisotopic (exact) mass is 253 g/mol. The van der Waals surface area contributed by atoms with Crippen molar-refractivity contribution in [2.75, 3.05) is 6.54 Å². The van der Waals surface area contributed by atoms with Crippen molar-refractivity contribution < 1.29 is 9.90 Å². The summed E-state index contributed by atoms with van der Waals surface area (Å²) in [5.74, 6) is -0.837. The maximum atomic E-state index is 10.7. The maximum absolute atomic E-state index is 10.7. The summed E-state index contributed by atoms with van der Waals surface area (Å²) in [4.78, 5) is 11.8. The van der Waals surface area contributed by atoms with E-state index >= 15 is 0 Å². The standard InChI is InChI=1S/C13H19NO2S/c1-2-13(4-3-5-13)9-14-7-11-6-10(8-17-11)12(15)16/h6,8,14H,2-5,7,9H2,1H3,(H,15,16). The van der Waals surface area contributed by atoms with Gasteiger partial charge in [0.15, 0.2) is 0 Å². The van der Waals surface area contributed by atoms with Crippen LogP contribution in [-0.4, -0.2) is 17.6 Å². The number of hydrogen-bond donors (Lipinski definition) is 2. The minimum Gasteiger partial charge on any atom is -0.478 e. The Morgan fingerprint density at radius 2 is 2.35 bits per heavy atom. The minimum atomic E-state index is -0.837. The van der Waals surface area contributed by atoms with Crippen LogP contribution in [0.4, 0.5) is 0 Å². The highest BCUT2D eigenvalue weighted by Gasteiger charge is 2.34. The number of carboxylic acid groups (broad SMARTS) is 1. The highest BCUT2D eigenvalue weighted by molar-refractivity contribution is 7.10. The van der Waals surface area contributed by atoms with Crippen LogP contribution >= 0.6 is 11.3 Å². The van der Waals surface area contributed by atoms with Crippen molar-refractivity contribution in [2.24, 2.45) is 5.41 Å². The molecule has 17 heavy (non-hydrogen) atoms. The van der Waals surface area contributed by atoms with Crippen LogP contribution in [0, 0.1) is 5.41 Å². The summed E-state index contributed by atoms with van der Waals surface area (Å²) in [6.07, 6.45) is 5.27. The van der Waals surface area contributed by atoms with E-state index in [0.29, 0.717) is 11.0 Å². The van der Waals surface area contributed by atoms with Gasteiger partial charge in [-0.05, 0) is 30.7 Å². The molecule has 4 heteroatoms. The fourth-order valence-corrected chi connectivity index (χ4v) is 3.20. The van der Waals surface area contributed by atoms with Gasteiger partial charge in [0.1, 0.15) is 0 Å². The Labute approximate surface area is 106 Å². The Morgan fingerprint density at radius 1 is 1.59 bits per heavy atom. The second-order valence-electron chi connectivity index (χ2n) is 4.92. The number of aromatic carboxylic acids is 1. The van der Waals surface area contributed by atoms with Gasteiger partial charge >= 0.3 is 5.97 Å².